The van der Waals surface area contributed by atoms with Crippen LogP contribution in [-0.2, 0) is 0 Å². The molecule has 1 aromatic carbocycles. The molecular formula is C22H25NO4. The highest BCUT2D eigenvalue weighted by Gasteiger charge is 2.44. The third-order valence-corrected chi connectivity index (χ3v) is 6.43. The molecule has 0 aromatic heterocycles. The van der Waals surface area contributed by atoms with Crippen molar-refractivity contribution in [1.82, 2.24) is 4.90 Å². The highest BCUT2D eigenvalue weighted by molar-refractivity contribution is 5.95. The van der Waals surface area contributed by atoms with E-state index in [1.165, 1.54) is 5.57 Å². The molecule has 1 amide bonds. The lowest BCUT2D eigenvalue weighted by Gasteiger charge is -2.40. The molecule has 1 unspecified atom stereocenters. The Labute approximate surface area is 159 Å². The van der Waals surface area contributed by atoms with Crippen molar-refractivity contribution in [3.8, 4) is 11.5 Å². The number of amides is 1. The van der Waals surface area contributed by atoms with Crippen LogP contribution in [0.3, 0.4) is 0 Å². The fourth-order valence-corrected chi connectivity index (χ4v) is 5.20. The molecule has 1 aromatic rings. The van der Waals surface area contributed by atoms with Gasteiger partial charge in [-0.1, -0.05) is 6.08 Å². The van der Waals surface area contributed by atoms with E-state index in [0.717, 1.165) is 38.5 Å². The van der Waals surface area contributed by atoms with Gasteiger partial charge in [0.05, 0.1) is 0 Å². The van der Waals surface area contributed by atoms with Crippen molar-refractivity contribution in [2.75, 3.05) is 13.2 Å². The van der Waals surface area contributed by atoms with Crippen LogP contribution in [-0.4, -0.2) is 41.2 Å². The minimum Gasteiger partial charge on any atom is -0.508 e. The predicted molar refractivity (Wildman–Crippen MR) is 101 cm³/mol. The average Bonchev–Trinajstić information content (AvgIpc) is 2.97. The zero-order valence-corrected chi connectivity index (χ0v) is 15.4. The van der Waals surface area contributed by atoms with Crippen molar-refractivity contribution in [3.05, 3.63) is 47.2 Å². The summed E-state index contributed by atoms with van der Waals surface area (Å²) in [5.41, 5.74) is 1.87. The lowest BCUT2D eigenvalue weighted by molar-refractivity contribution is 0.0543. The first kappa shape index (κ1) is 16.7. The quantitative estimate of drug-likeness (QED) is 0.858. The lowest BCUT2D eigenvalue weighted by Crippen LogP contribution is -2.47. The van der Waals surface area contributed by atoms with Gasteiger partial charge in [0, 0.05) is 17.6 Å². The molecule has 3 heterocycles. The zero-order valence-electron chi connectivity index (χ0n) is 15.4. The Balaban J connectivity index is 1.36. The van der Waals surface area contributed by atoms with Gasteiger partial charge in [0.2, 0.25) is 0 Å². The maximum Gasteiger partial charge on any atom is 0.254 e. The van der Waals surface area contributed by atoms with Crippen LogP contribution >= 0.6 is 0 Å². The van der Waals surface area contributed by atoms with Crippen molar-refractivity contribution in [3.63, 3.8) is 0 Å². The number of piperidine rings is 1. The Morgan fingerprint density at radius 1 is 1.07 bits per heavy atom. The summed E-state index contributed by atoms with van der Waals surface area (Å²) in [6.07, 6.45) is 9.86. The van der Waals surface area contributed by atoms with E-state index in [1.807, 2.05) is 30.4 Å². The largest absolute Gasteiger partial charge is 0.508 e. The molecule has 3 atom stereocenters. The molecule has 2 bridgehead atoms. The average molecular weight is 367 g/mol. The molecule has 0 spiro atoms. The van der Waals surface area contributed by atoms with E-state index in [1.54, 1.807) is 0 Å². The third kappa shape index (κ3) is 2.89. The van der Waals surface area contributed by atoms with Gasteiger partial charge in [-0.25, -0.2) is 0 Å². The van der Waals surface area contributed by atoms with Gasteiger partial charge in [-0.05, 0) is 74.3 Å². The molecule has 0 saturated carbocycles. The summed E-state index contributed by atoms with van der Waals surface area (Å²) in [4.78, 5) is 15.3. The summed E-state index contributed by atoms with van der Waals surface area (Å²) >= 11 is 0. The maximum absolute atomic E-state index is 13.3. The van der Waals surface area contributed by atoms with Crippen molar-refractivity contribution < 1.29 is 19.4 Å². The van der Waals surface area contributed by atoms with E-state index in [4.69, 9.17) is 9.47 Å². The van der Waals surface area contributed by atoms with Crippen LogP contribution in [0.15, 0.2) is 41.7 Å². The second-order valence-corrected chi connectivity index (χ2v) is 7.98. The fraction of sp³-hybridized carbons (Fsp3) is 0.500. The maximum atomic E-state index is 13.3. The van der Waals surface area contributed by atoms with Crippen LogP contribution in [0.4, 0.5) is 0 Å². The molecule has 5 nitrogen and oxygen atoms in total. The Bertz CT molecular complexity index is 814. The van der Waals surface area contributed by atoms with Crippen LogP contribution in [0, 0.1) is 5.92 Å². The highest BCUT2D eigenvalue weighted by atomic mass is 16.6. The van der Waals surface area contributed by atoms with Gasteiger partial charge in [-0.15, -0.1) is 0 Å². The molecule has 142 valence electrons. The van der Waals surface area contributed by atoms with Crippen molar-refractivity contribution in [2.45, 2.75) is 50.6 Å². The van der Waals surface area contributed by atoms with E-state index in [2.05, 4.69) is 4.90 Å². The van der Waals surface area contributed by atoms with E-state index < -0.39 is 0 Å². The van der Waals surface area contributed by atoms with E-state index in [-0.39, 0.29) is 18.0 Å². The van der Waals surface area contributed by atoms with Gasteiger partial charge in [-0.3, -0.25) is 4.79 Å². The van der Waals surface area contributed by atoms with Crippen LogP contribution < -0.4 is 9.47 Å². The molecule has 1 N–H and O–H groups in total. The molecule has 4 aliphatic rings. The summed E-state index contributed by atoms with van der Waals surface area (Å²) in [5.74, 6) is 2.33. The van der Waals surface area contributed by atoms with E-state index >= 15 is 0 Å². The second-order valence-electron chi connectivity index (χ2n) is 7.98. The van der Waals surface area contributed by atoms with Crippen molar-refractivity contribution in [1.29, 1.82) is 0 Å². The number of nitrogens with zero attached hydrogens (tertiary/aromatic N) is 1. The zero-order chi connectivity index (χ0) is 18.4. The predicted octanol–water partition coefficient (Wildman–Crippen LogP) is 4.00. The molecule has 0 radical (unpaired) electrons. The first-order valence-electron chi connectivity index (χ1n) is 10.0. The highest BCUT2D eigenvalue weighted by Crippen LogP contribution is 2.44. The van der Waals surface area contributed by atoms with Gasteiger partial charge >= 0.3 is 0 Å². The summed E-state index contributed by atoms with van der Waals surface area (Å²) in [7, 11) is 0. The summed E-state index contributed by atoms with van der Waals surface area (Å²) in [6, 6.07) is 6.04. The van der Waals surface area contributed by atoms with Gasteiger partial charge in [0.25, 0.3) is 5.91 Å². The van der Waals surface area contributed by atoms with Gasteiger partial charge in [-0.2, -0.15) is 0 Å². The van der Waals surface area contributed by atoms with Gasteiger partial charge in [0.1, 0.15) is 19.0 Å². The normalized spacial score (nSPS) is 29.2. The minimum atomic E-state index is 0.0969. The summed E-state index contributed by atoms with van der Waals surface area (Å²) in [5, 5.41) is 10.3. The van der Waals surface area contributed by atoms with E-state index in [0.29, 0.717) is 42.0 Å². The monoisotopic (exact) mass is 367 g/mol. The minimum absolute atomic E-state index is 0.0969. The Kier molecular flexibility index (Phi) is 4.10. The van der Waals surface area contributed by atoms with Crippen LogP contribution in [0.1, 0.15) is 48.9 Å². The van der Waals surface area contributed by atoms with Crippen molar-refractivity contribution in [2.24, 2.45) is 5.92 Å². The number of fused-ring (bicyclic) bond motifs is 3. The Morgan fingerprint density at radius 3 is 2.56 bits per heavy atom. The number of aliphatic hydroxyl groups excluding tert-OH is 1. The van der Waals surface area contributed by atoms with E-state index in [9.17, 15) is 9.90 Å². The van der Waals surface area contributed by atoms with Crippen molar-refractivity contribution >= 4 is 5.91 Å². The number of benzene rings is 1. The van der Waals surface area contributed by atoms with Gasteiger partial charge < -0.3 is 19.5 Å². The molecule has 2 fully saturated rings. The topological polar surface area (TPSA) is 59.0 Å². The molecule has 5 heteroatoms. The number of ether oxygens (including phenoxy) is 2. The number of allylic oxidation sites excluding steroid dienone is 3. The lowest BCUT2D eigenvalue weighted by atomic mass is 9.81. The molecule has 2 saturated heterocycles. The molecular weight excluding hydrogens is 342 g/mol. The molecule has 3 aliphatic heterocycles. The number of hydrogen-bond donors (Lipinski definition) is 1. The summed E-state index contributed by atoms with van der Waals surface area (Å²) < 4.78 is 11.2. The molecule has 5 rings (SSSR count). The van der Waals surface area contributed by atoms with Gasteiger partial charge in [0.15, 0.2) is 11.5 Å². The number of carbonyl (C=O) groups is 1. The van der Waals surface area contributed by atoms with Crippen LogP contribution in [0.5, 0.6) is 11.5 Å². The third-order valence-electron chi connectivity index (χ3n) is 6.43. The van der Waals surface area contributed by atoms with Crippen LogP contribution in [0.25, 0.3) is 0 Å². The summed E-state index contributed by atoms with van der Waals surface area (Å²) in [6.45, 7) is 1.07. The smallest absolute Gasteiger partial charge is 0.254 e. The first-order valence-corrected chi connectivity index (χ1v) is 10.0. The SMILES string of the molecule is O=C(c1ccc2c(c1)OCCO2)N1[C@@H]2CC[C@H]1CC(C1=C(O)C=CCC1)C2. The Morgan fingerprint density at radius 2 is 1.81 bits per heavy atom. The molecule has 27 heavy (non-hydrogen) atoms. The number of hydrogen-bond acceptors (Lipinski definition) is 4. The molecule has 1 aliphatic carbocycles. The second kappa shape index (κ2) is 6.63. The Hall–Kier alpha value is -2.43. The number of aliphatic hydroxyl groups is 1. The fourth-order valence-electron chi connectivity index (χ4n) is 5.20. The number of carbonyl (C=O) groups excluding carboxylic acids is 1. The van der Waals surface area contributed by atoms with Crippen LogP contribution in [0.2, 0.25) is 0 Å². The number of rotatable bonds is 2. The standard InChI is InChI=1S/C22H25NO4/c24-19-4-2-1-3-18(19)15-11-16-6-7-17(12-15)23(16)22(25)14-5-8-20-21(13-14)27-10-9-26-20/h2,4-5,8,13,15-17,24H,1,3,6-7,9-12H2/t15?,16-,17+. The first-order chi connectivity index (χ1) is 13.2.